The molecule has 0 aliphatic rings. The summed E-state index contributed by atoms with van der Waals surface area (Å²) in [6.45, 7) is 3.49. The van der Waals surface area contributed by atoms with Gasteiger partial charge in [-0.15, -0.1) is 0 Å². The number of hydrogen-bond donors (Lipinski definition) is 2. The Morgan fingerprint density at radius 1 is 0.929 bits per heavy atom. The lowest BCUT2D eigenvalue weighted by Gasteiger charge is -2.15. The van der Waals surface area contributed by atoms with E-state index in [4.69, 9.17) is 10.8 Å². The molecule has 3 heteroatoms. The first-order valence-corrected chi connectivity index (χ1v) is 5.80. The van der Waals surface area contributed by atoms with Crippen LogP contribution in [0, 0.1) is 0 Å². The first kappa shape index (κ1) is 13.9. The number of hydrogen-bond acceptors (Lipinski definition) is 3. The van der Waals surface area contributed by atoms with Gasteiger partial charge in [0.15, 0.2) is 0 Å². The fourth-order valence-corrected chi connectivity index (χ4v) is 1.48. The van der Waals surface area contributed by atoms with Crippen molar-refractivity contribution >= 4 is 0 Å². The van der Waals surface area contributed by atoms with E-state index in [1.165, 1.54) is 25.8 Å². The molecule has 86 valence electrons. The summed E-state index contributed by atoms with van der Waals surface area (Å²) in [5, 5.41) is 8.61. The molecule has 0 heterocycles. The van der Waals surface area contributed by atoms with E-state index >= 15 is 0 Å². The number of aliphatic hydroxyl groups is 1. The SMILES string of the molecule is CN(CCCCCN)CCCCCO. The van der Waals surface area contributed by atoms with Gasteiger partial charge in [-0.05, 0) is 58.8 Å². The van der Waals surface area contributed by atoms with Crippen LogP contribution in [0.25, 0.3) is 0 Å². The van der Waals surface area contributed by atoms with Crippen molar-refractivity contribution in [2.45, 2.75) is 38.5 Å². The van der Waals surface area contributed by atoms with Gasteiger partial charge in [0, 0.05) is 6.61 Å². The highest BCUT2D eigenvalue weighted by molar-refractivity contribution is 4.53. The molecule has 0 aromatic rings. The van der Waals surface area contributed by atoms with Crippen molar-refractivity contribution in [2.24, 2.45) is 5.73 Å². The predicted octanol–water partition coefficient (Wildman–Crippen LogP) is 1.21. The van der Waals surface area contributed by atoms with Gasteiger partial charge in [-0.1, -0.05) is 6.42 Å². The molecular weight excluding hydrogens is 176 g/mol. The van der Waals surface area contributed by atoms with Gasteiger partial charge in [-0.2, -0.15) is 0 Å². The van der Waals surface area contributed by atoms with Crippen molar-refractivity contribution in [1.82, 2.24) is 4.90 Å². The highest BCUT2D eigenvalue weighted by atomic mass is 16.2. The van der Waals surface area contributed by atoms with Crippen molar-refractivity contribution in [3.05, 3.63) is 0 Å². The van der Waals surface area contributed by atoms with Gasteiger partial charge in [-0.3, -0.25) is 0 Å². The zero-order valence-corrected chi connectivity index (χ0v) is 9.54. The molecule has 0 unspecified atom stereocenters. The molecule has 0 atom stereocenters. The summed E-state index contributed by atoms with van der Waals surface area (Å²) in [5.41, 5.74) is 5.42. The average Bonchev–Trinajstić information content (AvgIpc) is 2.19. The van der Waals surface area contributed by atoms with E-state index in [2.05, 4.69) is 11.9 Å². The van der Waals surface area contributed by atoms with Gasteiger partial charge in [0.1, 0.15) is 0 Å². The molecule has 0 rings (SSSR count). The number of rotatable bonds is 10. The molecule has 3 nitrogen and oxygen atoms in total. The summed E-state index contributed by atoms with van der Waals surface area (Å²) in [7, 11) is 2.17. The highest BCUT2D eigenvalue weighted by Gasteiger charge is 1.97. The molecule has 0 fully saturated rings. The third-order valence-electron chi connectivity index (χ3n) is 2.44. The Kier molecular flexibility index (Phi) is 10.9. The van der Waals surface area contributed by atoms with Crippen LogP contribution in [0.15, 0.2) is 0 Å². The van der Waals surface area contributed by atoms with Gasteiger partial charge in [0.25, 0.3) is 0 Å². The third kappa shape index (κ3) is 9.96. The topological polar surface area (TPSA) is 49.5 Å². The molecule has 0 saturated heterocycles. The summed E-state index contributed by atoms with van der Waals surface area (Å²) < 4.78 is 0. The monoisotopic (exact) mass is 202 g/mol. The lowest BCUT2D eigenvalue weighted by Crippen LogP contribution is -2.21. The van der Waals surface area contributed by atoms with E-state index in [1.807, 2.05) is 0 Å². The Balaban J connectivity index is 3.07. The van der Waals surface area contributed by atoms with Gasteiger partial charge in [-0.25, -0.2) is 0 Å². The van der Waals surface area contributed by atoms with Crippen LogP contribution in [0.5, 0.6) is 0 Å². The van der Waals surface area contributed by atoms with Crippen LogP contribution in [0.1, 0.15) is 38.5 Å². The van der Waals surface area contributed by atoms with Crippen LogP contribution in [0.2, 0.25) is 0 Å². The molecule has 0 aliphatic heterocycles. The minimum atomic E-state index is 0.334. The highest BCUT2D eigenvalue weighted by Crippen LogP contribution is 1.99. The standard InChI is InChI=1S/C11H26N2O/c1-13(9-5-2-4-8-12)10-6-3-7-11-14/h14H,2-12H2,1H3. The Labute approximate surface area is 88.3 Å². The van der Waals surface area contributed by atoms with Crippen molar-refractivity contribution in [3.8, 4) is 0 Å². The Hall–Kier alpha value is -0.120. The summed E-state index contributed by atoms with van der Waals surface area (Å²) in [6, 6.07) is 0. The minimum absolute atomic E-state index is 0.334. The van der Waals surface area contributed by atoms with E-state index in [0.29, 0.717) is 6.61 Å². The number of unbranched alkanes of at least 4 members (excludes halogenated alkanes) is 4. The Bertz CT molecular complexity index is 97.5. The maximum absolute atomic E-state index is 8.61. The molecule has 0 radical (unpaired) electrons. The summed E-state index contributed by atoms with van der Waals surface area (Å²) >= 11 is 0. The largest absolute Gasteiger partial charge is 0.396 e. The second-order valence-corrected chi connectivity index (χ2v) is 3.94. The van der Waals surface area contributed by atoms with Crippen LogP contribution in [0.3, 0.4) is 0 Å². The summed E-state index contributed by atoms with van der Waals surface area (Å²) in [6.07, 6.45) is 6.95. The van der Waals surface area contributed by atoms with E-state index in [9.17, 15) is 0 Å². The number of nitrogens with two attached hydrogens (primary N) is 1. The molecule has 0 aliphatic carbocycles. The normalized spacial score (nSPS) is 11.1. The predicted molar refractivity (Wildman–Crippen MR) is 61.3 cm³/mol. The molecule has 0 saturated carbocycles. The maximum atomic E-state index is 8.61. The van der Waals surface area contributed by atoms with Crippen molar-refractivity contribution < 1.29 is 5.11 Å². The van der Waals surface area contributed by atoms with E-state index in [-0.39, 0.29) is 0 Å². The Morgan fingerprint density at radius 2 is 1.50 bits per heavy atom. The fourth-order valence-electron chi connectivity index (χ4n) is 1.48. The van der Waals surface area contributed by atoms with Crippen LogP contribution in [-0.2, 0) is 0 Å². The second-order valence-electron chi connectivity index (χ2n) is 3.94. The van der Waals surface area contributed by atoms with Gasteiger partial charge in [0.05, 0.1) is 0 Å². The quantitative estimate of drug-likeness (QED) is 0.524. The molecule has 0 amide bonds. The summed E-state index contributed by atoms with van der Waals surface area (Å²) in [5.74, 6) is 0. The first-order chi connectivity index (χ1) is 6.81. The van der Waals surface area contributed by atoms with Gasteiger partial charge < -0.3 is 15.7 Å². The number of aliphatic hydroxyl groups excluding tert-OH is 1. The molecule has 0 aromatic heterocycles. The lowest BCUT2D eigenvalue weighted by atomic mass is 10.2. The van der Waals surface area contributed by atoms with Crippen LogP contribution < -0.4 is 5.73 Å². The van der Waals surface area contributed by atoms with Crippen molar-refractivity contribution in [1.29, 1.82) is 0 Å². The van der Waals surface area contributed by atoms with E-state index < -0.39 is 0 Å². The number of nitrogens with zero attached hydrogens (tertiary/aromatic N) is 1. The lowest BCUT2D eigenvalue weighted by molar-refractivity contribution is 0.271. The average molecular weight is 202 g/mol. The maximum Gasteiger partial charge on any atom is 0.0431 e. The fraction of sp³-hybridized carbons (Fsp3) is 1.00. The molecule has 3 N–H and O–H groups in total. The molecule has 0 aromatic carbocycles. The van der Waals surface area contributed by atoms with Crippen LogP contribution >= 0.6 is 0 Å². The first-order valence-electron chi connectivity index (χ1n) is 5.80. The third-order valence-corrected chi connectivity index (χ3v) is 2.44. The van der Waals surface area contributed by atoms with E-state index in [1.54, 1.807) is 0 Å². The zero-order valence-electron chi connectivity index (χ0n) is 9.54. The Morgan fingerprint density at radius 3 is 2.00 bits per heavy atom. The van der Waals surface area contributed by atoms with E-state index in [0.717, 1.165) is 32.4 Å². The zero-order chi connectivity index (χ0) is 10.6. The molecule has 0 bridgehead atoms. The minimum Gasteiger partial charge on any atom is -0.396 e. The van der Waals surface area contributed by atoms with Crippen molar-refractivity contribution in [3.63, 3.8) is 0 Å². The van der Waals surface area contributed by atoms with Gasteiger partial charge >= 0.3 is 0 Å². The molecule has 14 heavy (non-hydrogen) atoms. The van der Waals surface area contributed by atoms with Crippen LogP contribution in [0.4, 0.5) is 0 Å². The molecular formula is C11H26N2O. The summed E-state index contributed by atoms with van der Waals surface area (Å²) in [4.78, 5) is 2.37. The van der Waals surface area contributed by atoms with Crippen LogP contribution in [-0.4, -0.2) is 43.3 Å². The smallest absolute Gasteiger partial charge is 0.0431 e. The molecule has 0 spiro atoms. The van der Waals surface area contributed by atoms with Crippen molar-refractivity contribution in [2.75, 3.05) is 33.3 Å². The second kappa shape index (κ2) is 11.0. The van der Waals surface area contributed by atoms with Gasteiger partial charge in [0.2, 0.25) is 0 Å².